The van der Waals surface area contributed by atoms with Crippen molar-refractivity contribution in [2.75, 3.05) is 17.2 Å². The van der Waals surface area contributed by atoms with Crippen LogP contribution in [0.5, 0.6) is 0 Å². The average molecular weight is 286 g/mol. The summed E-state index contributed by atoms with van der Waals surface area (Å²) < 4.78 is 0. The number of rotatable bonds is 5. The minimum atomic E-state index is -0.581. The monoisotopic (exact) mass is 286 g/mol. The van der Waals surface area contributed by atoms with Crippen LogP contribution >= 0.6 is 0 Å². The molecule has 1 heterocycles. The number of pyridine rings is 1. The zero-order valence-electron chi connectivity index (χ0n) is 11.4. The molecule has 0 fully saturated rings. The standard InChI is InChI=1S/C14H14N4O3/c1-2-15-13-12(8-11(9-16-13)18(20)21)14(19)17-10-6-4-3-5-7-10/h3-9H,2H2,1H3,(H,15,16)(H,17,19). The van der Waals surface area contributed by atoms with Gasteiger partial charge >= 0.3 is 0 Å². The molecule has 0 aliphatic carbocycles. The lowest BCUT2D eigenvalue weighted by molar-refractivity contribution is -0.385. The van der Waals surface area contributed by atoms with E-state index < -0.39 is 10.8 Å². The van der Waals surface area contributed by atoms with Gasteiger partial charge in [-0.2, -0.15) is 0 Å². The molecule has 2 N–H and O–H groups in total. The predicted octanol–water partition coefficient (Wildman–Crippen LogP) is 2.67. The topological polar surface area (TPSA) is 97.2 Å². The minimum Gasteiger partial charge on any atom is -0.370 e. The Morgan fingerprint density at radius 2 is 2.05 bits per heavy atom. The normalized spacial score (nSPS) is 9.95. The molecule has 0 bridgehead atoms. The molecule has 21 heavy (non-hydrogen) atoms. The zero-order valence-corrected chi connectivity index (χ0v) is 11.4. The van der Waals surface area contributed by atoms with E-state index in [2.05, 4.69) is 15.6 Å². The van der Waals surface area contributed by atoms with Crippen LogP contribution in [0.15, 0.2) is 42.6 Å². The van der Waals surface area contributed by atoms with Crippen LogP contribution in [-0.4, -0.2) is 22.4 Å². The molecule has 7 nitrogen and oxygen atoms in total. The Balaban J connectivity index is 2.33. The number of para-hydroxylation sites is 1. The second-order valence-electron chi connectivity index (χ2n) is 4.20. The van der Waals surface area contributed by atoms with Crippen LogP contribution in [-0.2, 0) is 0 Å². The summed E-state index contributed by atoms with van der Waals surface area (Å²) in [5.74, 6) is -0.134. The van der Waals surface area contributed by atoms with Crippen LogP contribution in [0.4, 0.5) is 17.2 Å². The van der Waals surface area contributed by atoms with Gasteiger partial charge in [-0.05, 0) is 19.1 Å². The molecule has 0 atom stereocenters. The number of anilines is 2. The van der Waals surface area contributed by atoms with Crippen molar-refractivity contribution in [2.45, 2.75) is 6.92 Å². The number of amides is 1. The maximum atomic E-state index is 12.3. The van der Waals surface area contributed by atoms with Crippen molar-refractivity contribution in [1.82, 2.24) is 4.98 Å². The third kappa shape index (κ3) is 3.53. The summed E-state index contributed by atoms with van der Waals surface area (Å²) >= 11 is 0. The van der Waals surface area contributed by atoms with Crippen molar-refractivity contribution in [3.8, 4) is 0 Å². The van der Waals surface area contributed by atoms with E-state index in [-0.39, 0.29) is 11.3 Å². The van der Waals surface area contributed by atoms with Gasteiger partial charge in [0.2, 0.25) is 0 Å². The molecule has 1 aromatic carbocycles. The van der Waals surface area contributed by atoms with Crippen LogP contribution in [0.2, 0.25) is 0 Å². The summed E-state index contributed by atoms with van der Waals surface area (Å²) in [6.45, 7) is 2.40. The lowest BCUT2D eigenvalue weighted by Crippen LogP contribution is -2.16. The van der Waals surface area contributed by atoms with E-state index in [0.29, 0.717) is 18.1 Å². The Bertz CT molecular complexity index is 659. The fourth-order valence-corrected chi connectivity index (χ4v) is 1.75. The third-order valence-corrected chi connectivity index (χ3v) is 2.70. The van der Waals surface area contributed by atoms with Crippen molar-refractivity contribution in [2.24, 2.45) is 0 Å². The van der Waals surface area contributed by atoms with Crippen molar-refractivity contribution in [3.05, 3.63) is 58.3 Å². The zero-order chi connectivity index (χ0) is 15.2. The van der Waals surface area contributed by atoms with Crippen LogP contribution in [0, 0.1) is 10.1 Å². The molecule has 0 saturated carbocycles. The number of hydrogen-bond acceptors (Lipinski definition) is 5. The van der Waals surface area contributed by atoms with Crippen molar-refractivity contribution >= 4 is 23.1 Å². The quantitative estimate of drug-likeness (QED) is 0.650. The molecule has 1 aromatic heterocycles. The van der Waals surface area contributed by atoms with E-state index in [4.69, 9.17) is 0 Å². The Morgan fingerprint density at radius 1 is 1.33 bits per heavy atom. The second-order valence-corrected chi connectivity index (χ2v) is 4.20. The first kappa shape index (κ1) is 14.4. The number of hydrogen-bond donors (Lipinski definition) is 2. The van der Waals surface area contributed by atoms with Crippen molar-refractivity contribution in [1.29, 1.82) is 0 Å². The maximum absolute atomic E-state index is 12.3. The molecule has 7 heteroatoms. The molecule has 2 rings (SSSR count). The van der Waals surface area contributed by atoms with Gasteiger partial charge in [-0.3, -0.25) is 14.9 Å². The number of nitrogens with one attached hydrogen (secondary N) is 2. The number of nitrogens with zero attached hydrogens (tertiary/aromatic N) is 2. The Kier molecular flexibility index (Phi) is 4.45. The first-order valence-corrected chi connectivity index (χ1v) is 6.36. The Hall–Kier alpha value is -2.96. The summed E-state index contributed by atoms with van der Waals surface area (Å²) in [4.78, 5) is 26.4. The number of carbonyl (C=O) groups excluding carboxylic acids is 1. The van der Waals surface area contributed by atoms with E-state index in [1.165, 1.54) is 6.07 Å². The fourth-order valence-electron chi connectivity index (χ4n) is 1.75. The summed E-state index contributed by atoms with van der Waals surface area (Å²) in [6, 6.07) is 10.1. The molecule has 2 aromatic rings. The highest BCUT2D eigenvalue weighted by atomic mass is 16.6. The Labute approximate surface area is 121 Å². The van der Waals surface area contributed by atoms with Crippen molar-refractivity contribution in [3.63, 3.8) is 0 Å². The predicted molar refractivity (Wildman–Crippen MR) is 79.5 cm³/mol. The smallest absolute Gasteiger partial charge is 0.288 e. The van der Waals surface area contributed by atoms with E-state index in [9.17, 15) is 14.9 Å². The van der Waals surface area contributed by atoms with Crippen LogP contribution in [0.25, 0.3) is 0 Å². The largest absolute Gasteiger partial charge is 0.370 e. The molecule has 0 aliphatic heterocycles. The van der Waals surface area contributed by atoms with Gasteiger partial charge < -0.3 is 10.6 Å². The molecule has 0 radical (unpaired) electrons. The van der Waals surface area contributed by atoms with Gasteiger partial charge in [0.25, 0.3) is 11.6 Å². The van der Waals surface area contributed by atoms with Gasteiger partial charge in [0.05, 0.1) is 10.5 Å². The second kappa shape index (κ2) is 6.47. The third-order valence-electron chi connectivity index (χ3n) is 2.70. The fraction of sp³-hybridized carbons (Fsp3) is 0.143. The average Bonchev–Trinajstić information content (AvgIpc) is 2.48. The highest BCUT2D eigenvalue weighted by molar-refractivity contribution is 6.07. The van der Waals surface area contributed by atoms with Gasteiger partial charge in [0.15, 0.2) is 0 Å². The highest BCUT2D eigenvalue weighted by Gasteiger charge is 2.18. The van der Waals surface area contributed by atoms with Gasteiger partial charge in [-0.1, -0.05) is 18.2 Å². The molecule has 1 amide bonds. The molecule has 0 aliphatic rings. The first-order valence-electron chi connectivity index (χ1n) is 6.36. The van der Waals surface area contributed by atoms with Crippen LogP contribution < -0.4 is 10.6 Å². The number of carbonyl (C=O) groups is 1. The summed E-state index contributed by atoms with van der Waals surface area (Å²) in [5, 5.41) is 16.4. The van der Waals surface area contributed by atoms with Crippen LogP contribution in [0.3, 0.4) is 0 Å². The Morgan fingerprint density at radius 3 is 2.67 bits per heavy atom. The van der Waals surface area contributed by atoms with Gasteiger partial charge in [0, 0.05) is 18.3 Å². The number of benzene rings is 1. The number of nitro groups is 1. The van der Waals surface area contributed by atoms with Crippen LogP contribution in [0.1, 0.15) is 17.3 Å². The molecular formula is C14H14N4O3. The van der Waals surface area contributed by atoms with Crippen molar-refractivity contribution < 1.29 is 9.72 Å². The summed E-state index contributed by atoms with van der Waals surface area (Å²) in [7, 11) is 0. The van der Waals surface area contributed by atoms with Gasteiger partial charge in [0.1, 0.15) is 12.0 Å². The molecule has 108 valence electrons. The lowest BCUT2D eigenvalue weighted by atomic mass is 10.2. The maximum Gasteiger partial charge on any atom is 0.288 e. The lowest BCUT2D eigenvalue weighted by Gasteiger charge is -2.10. The molecule has 0 saturated heterocycles. The molecule has 0 spiro atoms. The highest BCUT2D eigenvalue weighted by Crippen LogP contribution is 2.20. The first-order chi connectivity index (χ1) is 10.1. The summed E-state index contributed by atoms with van der Waals surface area (Å²) in [5.41, 5.74) is 0.515. The molecular weight excluding hydrogens is 272 g/mol. The molecule has 0 unspecified atom stereocenters. The van der Waals surface area contributed by atoms with Gasteiger partial charge in [-0.25, -0.2) is 4.98 Å². The van der Waals surface area contributed by atoms with E-state index >= 15 is 0 Å². The number of aromatic nitrogens is 1. The van der Waals surface area contributed by atoms with Gasteiger partial charge in [-0.15, -0.1) is 0 Å². The van der Waals surface area contributed by atoms with E-state index in [1.54, 1.807) is 24.3 Å². The van der Waals surface area contributed by atoms with E-state index in [0.717, 1.165) is 6.20 Å². The van der Waals surface area contributed by atoms with E-state index in [1.807, 2.05) is 13.0 Å². The minimum absolute atomic E-state index is 0.134. The summed E-state index contributed by atoms with van der Waals surface area (Å²) in [6.07, 6.45) is 1.12. The SMILES string of the molecule is CCNc1ncc([N+](=O)[O-])cc1C(=O)Nc1ccccc1.